The Balaban J connectivity index is 2.05. The van der Waals surface area contributed by atoms with Gasteiger partial charge in [0, 0.05) is 18.8 Å². The number of hydrogen-bond acceptors (Lipinski definition) is 2. The average Bonchev–Trinajstić information content (AvgIpc) is 2.59. The highest BCUT2D eigenvalue weighted by atomic mass is 16.2. The van der Waals surface area contributed by atoms with Gasteiger partial charge in [0.05, 0.1) is 6.04 Å². The number of nitrogens with one attached hydrogen (secondary N) is 1. The van der Waals surface area contributed by atoms with Gasteiger partial charge in [-0.15, -0.1) is 0 Å². The zero-order valence-corrected chi connectivity index (χ0v) is 12.7. The molecule has 1 heterocycles. The van der Waals surface area contributed by atoms with Gasteiger partial charge in [0.15, 0.2) is 0 Å². The maximum atomic E-state index is 12.5. The molecule has 110 valence electrons. The summed E-state index contributed by atoms with van der Waals surface area (Å²) in [6.45, 7) is 5.79. The zero-order valence-electron chi connectivity index (χ0n) is 12.7. The lowest BCUT2D eigenvalue weighted by molar-refractivity contribution is -0.120. The topological polar surface area (TPSA) is 32.3 Å². The van der Waals surface area contributed by atoms with E-state index in [4.69, 9.17) is 0 Å². The van der Waals surface area contributed by atoms with Crippen molar-refractivity contribution in [3.05, 3.63) is 29.8 Å². The molecule has 1 unspecified atom stereocenters. The van der Waals surface area contributed by atoms with Gasteiger partial charge < -0.3 is 10.2 Å². The molecule has 1 aliphatic heterocycles. The molecule has 3 heteroatoms. The van der Waals surface area contributed by atoms with Crippen LogP contribution < -0.4 is 10.2 Å². The van der Waals surface area contributed by atoms with Crippen LogP contribution in [0.15, 0.2) is 24.3 Å². The van der Waals surface area contributed by atoms with Crippen molar-refractivity contribution in [3.63, 3.8) is 0 Å². The number of para-hydroxylation sites is 1. The van der Waals surface area contributed by atoms with Crippen LogP contribution in [0.1, 0.15) is 51.5 Å². The lowest BCUT2D eigenvalue weighted by Gasteiger charge is -2.24. The normalized spacial score (nSPS) is 18.8. The largest absolute Gasteiger partial charge is 0.311 e. The quantitative estimate of drug-likeness (QED) is 0.805. The predicted octanol–water partition coefficient (Wildman–Crippen LogP) is 3.48. The van der Waals surface area contributed by atoms with Gasteiger partial charge in [-0.3, -0.25) is 4.79 Å². The van der Waals surface area contributed by atoms with E-state index < -0.39 is 0 Å². The number of unbranched alkanes of at least 4 members (excludes halogenated alkanes) is 4. The molecule has 3 nitrogen and oxygen atoms in total. The van der Waals surface area contributed by atoms with Crippen molar-refractivity contribution in [3.8, 4) is 0 Å². The van der Waals surface area contributed by atoms with E-state index in [1.165, 1.54) is 31.2 Å². The van der Waals surface area contributed by atoms with Crippen LogP contribution in [0.4, 0.5) is 5.69 Å². The highest BCUT2D eigenvalue weighted by Crippen LogP contribution is 2.24. The number of carbonyl (C=O) groups excluding carboxylic acids is 1. The molecule has 0 fully saturated rings. The zero-order chi connectivity index (χ0) is 14.4. The van der Waals surface area contributed by atoms with Crippen LogP contribution in [0, 0.1) is 0 Å². The van der Waals surface area contributed by atoms with E-state index in [-0.39, 0.29) is 11.9 Å². The molecule has 1 N–H and O–H groups in total. The summed E-state index contributed by atoms with van der Waals surface area (Å²) in [5.74, 6) is 0.199. The summed E-state index contributed by atoms with van der Waals surface area (Å²) in [5.41, 5.74) is 2.31. The van der Waals surface area contributed by atoms with Crippen LogP contribution in [0.5, 0.6) is 0 Å². The predicted molar refractivity (Wildman–Crippen MR) is 83.9 cm³/mol. The number of carbonyl (C=O) groups is 1. The summed E-state index contributed by atoms with van der Waals surface area (Å²) in [6, 6.07) is 8.14. The van der Waals surface area contributed by atoms with Crippen molar-refractivity contribution in [1.29, 1.82) is 0 Å². The maximum Gasteiger partial charge on any atom is 0.243 e. The van der Waals surface area contributed by atoms with Gasteiger partial charge in [-0.1, -0.05) is 50.8 Å². The monoisotopic (exact) mass is 274 g/mol. The minimum atomic E-state index is -0.0990. The van der Waals surface area contributed by atoms with Crippen molar-refractivity contribution in [1.82, 2.24) is 5.32 Å². The van der Waals surface area contributed by atoms with E-state index in [9.17, 15) is 4.79 Å². The fourth-order valence-electron chi connectivity index (χ4n) is 2.73. The molecule has 1 atom stereocenters. The first-order valence-corrected chi connectivity index (χ1v) is 7.86. The molecule has 20 heavy (non-hydrogen) atoms. The Morgan fingerprint density at radius 1 is 1.20 bits per heavy atom. The van der Waals surface area contributed by atoms with Crippen LogP contribution in [-0.4, -0.2) is 18.5 Å². The molecule has 1 amide bonds. The fraction of sp³-hybridized carbons (Fsp3) is 0.588. The second-order valence-corrected chi connectivity index (χ2v) is 5.64. The first-order valence-electron chi connectivity index (χ1n) is 7.86. The molecule has 0 spiro atoms. The van der Waals surface area contributed by atoms with Crippen molar-refractivity contribution in [2.24, 2.45) is 0 Å². The first-order chi connectivity index (χ1) is 9.74. The third-order valence-corrected chi connectivity index (χ3v) is 4.00. The molecule has 0 saturated carbocycles. The lowest BCUT2D eigenvalue weighted by atomic mass is 10.1. The van der Waals surface area contributed by atoms with E-state index in [0.717, 1.165) is 25.2 Å². The molecule has 1 aliphatic rings. The van der Waals surface area contributed by atoms with Gasteiger partial charge in [0.2, 0.25) is 5.91 Å². The molecule has 1 aromatic rings. The van der Waals surface area contributed by atoms with Crippen molar-refractivity contribution >= 4 is 11.6 Å². The molecule has 2 rings (SSSR count). The third kappa shape index (κ3) is 3.60. The molecule has 0 radical (unpaired) electrons. The Morgan fingerprint density at radius 2 is 1.95 bits per heavy atom. The Kier molecular flexibility index (Phi) is 5.60. The van der Waals surface area contributed by atoms with Crippen LogP contribution >= 0.6 is 0 Å². The van der Waals surface area contributed by atoms with E-state index in [1.54, 1.807) is 0 Å². The highest BCUT2D eigenvalue weighted by Gasteiger charge is 2.26. The van der Waals surface area contributed by atoms with Crippen LogP contribution in [-0.2, 0) is 11.3 Å². The number of rotatable bonds is 6. The lowest BCUT2D eigenvalue weighted by Crippen LogP contribution is -2.42. The van der Waals surface area contributed by atoms with Crippen molar-refractivity contribution in [2.45, 2.75) is 58.5 Å². The summed E-state index contributed by atoms with van der Waals surface area (Å²) >= 11 is 0. The Labute approximate surface area is 122 Å². The minimum absolute atomic E-state index is 0.0990. The maximum absolute atomic E-state index is 12.5. The number of fused-ring (bicyclic) bond motifs is 1. The Hall–Kier alpha value is -1.35. The molecule has 0 saturated heterocycles. The van der Waals surface area contributed by atoms with Crippen LogP contribution in [0.25, 0.3) is 0 Å². The molecular formula is C17H26N2O. The summed E-state index contributed by atoms with van der Waals surface area (Å²) in [5, 5.41) is 3.30. The smallest absolute Gasteiger partial charge is 0.243 e. The third-order valence-electron chi connectivity index (χ3n) is 4.00. The summed E-state index contributed by atoms with van der Waals surface area (Å²) in [4.78, 5) is 14.5. The molecule has 0 aromatic heterocycles. The summed E-state index contributed by atoms with van der Waals surface area (Å²) in [7, 11) is 0. The van der Waals surface area contributed by atoms with Gasteiger partial charge >= 0.3 is 0 Å². The fourth-order valence-corrected chi connectivity index (χ4v) is 2.73. The van der Waals surface area contributed by atoms with Crippen molar-refractivity contribution in [2.75, 3.05) is 11.4 Å². The number of anilines is 1. The van der Waals surface area contributed by atoms with E-state index in [0.29, 0.717) is 0 Å². The highest BCUT2D eigenvalue weighted by molar-refractivity contribution is 5.98. The Morgan fingerprint density at radius 3 is 2.75 bits per heavy atom. The summed E-state index contributed by atoms with van der Waals surface area (Å²) < 4.78 is 0. The van der Waals surface area contributed by atoms with E-state index in [1.807, 2.05) is 24.0 Å². The van der Waals surface area contributed by atoms with Gasteiger partial charge in [-0.05, 0) is 25.0 Å². The van der Waals surface area contributed by atoms with Gasteiger partial charge in [0.25, 0.3) is 0 Å². The Bertz CT molecular complexity index is 444. The summed E-state index contributed by atoms with van der Waals surface area (Å²) in [6.07, 6.45) is 6.12. The first kappa shape index (κ1) is 15.0. The molecule has 1 aromatic carbocycles. The SMILES string of the molecule is CCCCCCCN1C(=O)C(C)NCc2ccccc21. The van der Waals surface area contributed by atoms with Crippen LogP contribution in [0.2, 0.25) is 0 Å². The van der Waals surface area contributed by atoms with E-state index >= 15 is 0 Å². The van der Waals surface area contributed by atoms with Gasteiger partial charge in [-0.25, -0.2) is 0 Å². The number of hydrogen-bond donors (Lipinski definition) is 1. The van der Waals surface area contributed by atoms with Crippen LogP contribution in [0.3, 0.4) is 0 Å². The second kappa shape index (κ2) is 7.44. The molecule has 0 bridgehead atoms. The molecular weight excluding hydrogens is 248 g/mol. The number of benzene rings is 1. The second-order valence-electron chi connectivity index (χ2n) is 5.64. The number of amides is 1. The minimum Gasteiger partial charge on any atom is -0.311 e. The molecule has 0 aliphatic carbocycles. The van der Waals surface area contributed by atoms with Gasteiger partial charge in [-0.2, -0.15) is 0 Å². The van der Waals surface area contributed by atoms with Crippen molar-refractivity contribution < 1.29 is 4.79 Å². The average molecular weight is 274 g/mol. The standard InChI is InChI=1S/C17H26N2O/c1-3-4-5-6-9-12-19-16-11-8-7-10-15(16)13-18-14(2)17(19)20/h7-8,10-11,14,18H,3-6,9,12-13H2,1-2H3. The van der Waals surface area contributed by atoms with E-state index in [2.05, 4.69) is 24.4 Å². The number of nitrogens with zero attached hydrogens (tertiary/aromatic N) is 1. The van der Waals surface area contributed by atoms with Gasteiger partial charge in [0.1, 0.15) is 0 Å².